The molecule has 162 valence electrons. The van der Waals surface area contributed by atoms with Crippen LogP contribution < -0.4 is 29.3 Å². The highest BCUT2D eigenvalue weighted by molar-refractivity contribution is 7.75. The van der Waals surface area contributed by atoms with Gasteiger partial charge in [0.15, 0.2) is 0 Å². The highest BCUT2D eigenvalue weighted by atomic mass is 32.2. The Labute approximate surface area is 188 Å². The molecular weight excluding hydrogens is 428 g/mol. The van der Waals surface area contributed by atoms with Crippen LogP contribution in [0.15, 0.2) is 97.1 Å². The summed E-state index contributed by atoms with van der Waals surface area (Å²) in [4.78, 5) is 0. The zero-order chi connectivity index (χ0) is 22.3. The molecule has 0 amide bonds. The van der Waals surface area contributed by atoms with Crippen molar-refractivity contribution in [3.8, 4) is 34.5 Å². The minimum Gasteiger partial charge on any atom is -0.457 e. The average Bonchev–Trinajstić information content (AvgIpc) is 2.79. The van der Waals surface area contributed by atoms with Gasteiger partial charge in [-0.3, -0.25) is 0 Å². The summed E-state index contributed by atoms with van der Waals surface area (Å²) in [6.45, 7) is 0. The molecule has 0 radical (unpaired) electrons. The van der Waals surface area contributed by atoms with E-state index in [0.29, 0.717) is 45.9 Å². The van der Waals surface area contributed by atoms with Crippen LogP contribution in [-0.4, -0.2) is 4.21 Å². The van der Waals surface area contributed by atoms with Gasteiger partial charge in [-0.1, -0.05) is 0 Å². The molecule has 4 N–H and O–H groups in total. The molecule has 0 saturated heterocycles. The van der Waals surface area contributed by atoms with E-state index in [1.54, 1.807) is 97.1 Å². The summed E-state index contributed by atoms with van der Waals surface area (Å²) in [5.74, 6) is 3.26. The Hall–Kier alpha value is -4.17. The lowest BCUT2D eigenvalue weighted by atomic mass is 10.3. The molecule has 4 rings (SSSR count). The Bertz CT molecular complexity index is 1080. The van der Waals surface area contributed by atoms with Gasteiger partial charge < -0.3 is 29.3 Å². The molecule has 0 atom stereocenters. The van der Waals surface area contributed by atoms with Gasteiger partial charge in [0.2, 0.25) is 0 Å². The lowest BCUT2D eigenvalue weighted by Crippen LogP contribution is -2.07. The normalized spacial score (nSPS) is 10.5. The molecule has 0 heterocycles. The van der Waals surface area contributed by atoms with Crippen molar-refractivity contribution in [2.75, 3.05) is 11.5 Å². The Balaban J connectivity index is 1.29. The third-order valence-corrected chi connectivity index (χ3v) is 4.86. The lowest BCUT2D eigenvalue weighted by Gasteiger charge is -2.09. The van der Waals surface area contributed by atoms with E-state index in [1.807, 2.05) is 0 Å². The molecule has 0 aliphatic carbocycles. The van der Waals surface area contributed by atoms with Gasteiger partial charge in [-0.05, 0) is 97.1 Å². The summed E-state index contributed by atoms with van der Waals surface area (Å²) in [5.41, 5.74) is 12.6. The fourth-order valence-corrected chi connectivity index (χ4v) is 3.22. The Morgan fingerprint density at radius 3 is 1.00 bits per heavy atom. The summed E-state index contributed by atoms with van der Waals surface area (Å²) in [6.07, 6.45) is 0. The van der Waals surface area contributed by atoms with E-state index in [9.17, 15) is 4.21 Å². The zero-order valence-electron chi connectivity index (χ0n) is 16.8. The first kappa shape index (κ1) is 21.1. The molecule has 0 aliphatic rings. The maximum atomic E-state index is 12.2. The Morgan fingerprint density at radius 1 is 0.438 bits per heavy atom. The van der Waals surface area contributed by atoms with Crippen LogP contribution in [0.25, 0.3) is 0 Å². The van der Waals surface area contributed by atoms with Crippen molar-refractivity contribution in [3.63, 3.8) is 0 Å². The van der Waals surface area contributed by atoms with E-state index in [4.69, 9.17) is 29.3 Å². The monoisotopic (exact) mass is 448 g/mol. The number of hydrogen-bond donors (Lipinski definition) is 2. The predicted octanol–water partition coefficient (Wildman–Crippen LogP) is 5.47. The second-order valence-corrected chi connectivity index (χ2v) is 7.40. The van der Waals surface area contributed by atoms with E-state index in [1.165, 1.54) is 0 Å². The van der Waals surface area contributed by atoms with Gasteiger partial charge in [-0.25, -0.2) is 0 Å². The van der Waals surface area contributed by atoms with Crippen LogP contribution in [0, 0.1) is 0 Å². The third-order valence-electron chi connectivity index (χ3n) is 4.21. The minimum absolute atomic E-state index is 0.372. The quantitative estimate of drug-likeness (QED) is 0.344. The topological polar surface area (TPSA) is 106 Å². The van der Waals surface area contributed by atoms with Crippen LogP contribution in [0.5, 0.6) is 34.5 Å². The van der Waals surface area contributed by atoms with Crippen molar-refractivity contribution in [3.05, 3.63) is 97.1 Å². The molecule has 0 fully saturated rings. The molecule has 32 heavy (non-hydrogen) atoms. The molecule has 0 aliphatic heterocycles. The maximum absolute atomic E-state index is 12.2. The molecule has 4 aromatic rings. The second-order valence-electron chi connectivity index (χ2n) is 6.66. The smallest absolute Gasteiger partial charge is 0.417 e. The van der Waals surface area contributed by atoms with E-state index in [-0.39, 0.29) is 0 Å². The van der Waals surface area contributed by atoms with Crippen molar-refractivity contribution >= 4 is 22.7 Å². The van der Waals surface area contributed by atoms with Gasteiger partial charge >= 0.3 is 11.4 Å². The Morgan fingerprint density at radius 2 is 0.688 bits per heavy atom. The van der Waals surface area contributed by atoms with E-state index in [2.05, 4.69) is 0 Å². The first-order valence-electron chi connectivity index (χ1n) is 9.59. The zero-order valence-corrected chi connectivity index (χ0v) is 17.7. The van der Waals surface area contributed by atoms with Crippen molar-refractivity contribution < 1.29 is 22.0 Å². The highest BCUT2D eigenvalue weighted by Gasteiger charge is 2.08. The molecule has 4 aromatic carbocycles. The third kappa shape index (κ3) is 5.93. The maximum Gasteiger partial charge on any atom is 0.417 e. The summed E-state index contributed by atoms with van der Waals surface area (Å²) >= 11 is -2.03. The number of nitrogen functional groups attached to an aromatic ring is 2. The molecule has 0 spiro atoms. The van der Waals surface area contributed by atoms with Crippen LogP contribution in [0.1, 0.15) is 0 Å². The van der Waals surface area contributed by atoms with Crippen LogP contribution in [0.3, 0.4) is 0 Å². The summed E-state index contributed by atoms with van der Waals surface area (Å²) in [7, 11) is 0. The van der Waals surface area contributed by atoms with E-state index >= 15 is 0 Å². The molecule has 0 bridgehead atoms. The molecule has 0 saturated carbocycles. The van der Waals surface area contributed by atoms with Gasteiger partial charge in [-0.2, -0.15) is 4.21 Å². The second kappa shape index (κ2) is 9.76. The highest BCUT2D eigenvalue weighted by Crippen LogP contribution is 2.27. The number of hydrogen-bond acceptors (Lipinski definition) is 7. The van der Waals surface area contributed by atoms with Crippen molar-refractivity contribution in [1.82, 2.24) is 0 Å². The van der Waals surface area contributed by atoms with Crippen LogP contribution >= 0.6 is 0 Å². The minimum atomic E-state index is -2.03. The molecule has 8 heteroatoms. The van der Waals surface area contributed by atoms with E-state index in [0.717, 1.165) is 0 Å². The fraction of sp³-hybridized carbons (Fsp3) is 0. The first-order valence-corrected chi connectivity index (χ1v) is 10.6. The van der Waals surface area contributed by atoms with E-state index < -0.39 is 11.4 Å². The van der Waals surface area contributed by atoms with Crippen molar-refractivity contribution in [2.24, 2.45) is 0 Å². The number of ether oxygens (including phenoxy) is 2. The molecule has 0 unspecified atom stereocenters. The molecule has 7 nitrogen and oxygen atoms in total. The number of anilines is 2. The van der Waals surface area contributed by atoms with Crippen LogP contribution in [-0.2, 0) is 11.4 Å². The van der Waals surface area contributed by atoms with Gasteiger partial charge in [0, 0.05) is 11.4 Å². The van der Waals surface area contributed by atoms with Crippen LogP contribution in [0.2, 0.25) is 0 Å². The predicted molar refractivity (Wildman–Crippen MR) is 124 cm³/mol. The van der Waals surface area contributed by atoms with Gasteiger partial charge in [0.25, 0.3) is 0 Å². The van der Waals surface area contributed by atoms with Gasteiger partial charge in [0.05, 0.1) is 0 Å². The fourth-order valence-electron chi connectivity index (χ4n) is 2.64. The first-order chi connectivity index (χ1) is 15.5. The summed E-state index contributed by atoms with van der Waals surface area (Å²) in [5, 5.41) is 0. The molecule has 0 aromatic heterocycles. The van der Waals surface area contributed by atoms with Gasteiger partial charge in [0.1, 0.15) is 34.5 Å². The summed E-state index contributed by atoms with van der Waals surface area (Å²) < 4.78 is 34.2. The molecular formula is C24H20N2O5S. The lowest BCUT2D eigenvalue weighted by molar-refractivity contribution is 0.456. The van der Waals surface area contributed by atoms with Crippen molar-refractivity contribution in [1.29, 1.82) is 0 Å². The largest absolute Gasteiger partial charge is 0.457 e. The average molecular weight is 449 g/mol. The van der Waals surface area contributed by atoms with Crippen molar-refractivity contribution in [2.45, 2.75) is 0 Å². The van der Waals surface area contributed by atoms with Gasteiger partial charge in [-0.15, -0.1) is 0 Å². The van der Waals surface area contributed by atoms with Crippen LogP contribution in [0.4, 0.5) is 11.4 Å². The Kier molecular flexibility index (Phi) is 6.43. The number of rotatable bonds is 8. The number of benzene rings is 4. The summed E-state index contributed by atoms with van der Waals surface area (Å²) in [6, 6.07) is 27.5. The SMILES string of the molecule is Nc1ccc(Oc2ccc(OS(=O)Oc3ccc(Oc4ccc(N)cc4)cc3)cc2)cc1. The standard InChI is InChI=1S/C24H20N2O5S/c25-17-1-5-19(6-2-17)28-21-9-13-23(14-10-21)30-32(27)31-24-15-11-22(12-16-24)29-20-7-3-18(26)4-8-20/h1-16H,25-26H2. The number of nitrogens with two attached hydrogens (primary N) is 2.